The molecule has 39 heavy (non-hydrogen) atoms. The predicted octanol–water partition coefficient (Wildman–Crippen LogP) is 2.80. The van der Waals surface area contributed by atoms with Gasteiger partial charge in [0.2, 0.25) is 11.8 Å². The number of nitrogens with zero attached hydrogens (tertiary/aromatic N) is 3. The van der Waals surface area contributed by atoms with Gasteiger partial charge in [-0.15, -0.1) is 0 Å². The molecular weight excluding hydrogens is 518 g/mol. The van der Waals surface area contributed by atoms with Gasteiger partial charge in [-0.1, -0.05) is 78.4 Å². The maximum Gasteiger partial charge on any atom is 0.253 e. The third-order valence-corrected chi connectivity index (χ3v) is 8.66. The number of β-amino-alcohol motifs (C(OH)–C–C–N with tert-alkyl or cyclic N) is 1. The molecule has 2 saturated heterocycles. The van der Waals surface area contributed by atoms with Crippen LogP contribution in [0.3, 0.4) is 0 Å². The highest BCUT2D eigenvalue weighted by molar-refractivity contribution is 6.34. The van der Waals surface area contributed by atoms with Gasteiger partial charge in [0.25, 0.3) is 5.91 Å². The van der Waals surface area contributed by atoms with Gasteiger partial charge in [0.05, 0.1) is 34.8 Å². The van der Waals surface area contributed by atoms with Crippen LogP contribution in [0.2, 0.25) is 5.02 Å². The Morgan fingerprint density at radius 1 is 0.923 bits per heavy atom. The second-order valence-corrected chi connectivity index (χ2v) is 11.1. The molecule has 0 radical (unpaired) electrons. The lowest BCUT2D eigenvalue weighted by Gasteiger charge is -2.37. The van der Waals surface area contributed by atoms with Crippen molar-refractivity contribution in [3.8, 4) is 0 Å². The fourth-order valence-electron chi connectivity index (χ4n) is 6.75. The lowest BCUT2D eigenvalue weighted by atomic mass is 9.74. The molecule has 4 aliphatic rings. The van der Waals surface area contributed by atoms with Gasteiger partial charge in [0.1, 0.15) is 11.6 Å². The summed E-state index contributed by atoms with van der Waals surface area (Å²) in [5.74, 6) is -2.71. The van der Waals surface area contributed by atoms with E-state index in [0.717, 1.165) is 5.56 Å². The first-order valence-electron chi connectivity index (χ1n) is 13.2. The Bertz CT molecular complexity index is 1380. The number of benzene rings is 2. The molecule has 0 aromatic heterocycles. The maximum atomic E-state index is 14.3. The van der Waals surface area contributed by atoms with E-state index in [1.165, 1.54) is 9.80 Å². The first kappa shape index (κ1) is 25.8. The molecule has 2 aromatic carbocycles. The summed E-state index contributed by atoms with van der Waals surface area (Å²) >= 11 is 6.47. The quantitative estimate of drug-likeness (QED) is 0.581. The Hall–Kier alpha value is -3.46. The highest BCUT2D eigenvalue weighted by Gasteiger charge is 2.74. The van der Waals surface area contributed by atoms with E-state index in [0.29, 0.717) is 23.8 Å². The van der Waals surface area contributed by atoms with Gasteiger partial charge in [0.15, 0.2) is 0 Å². The zero-order chi connectivity index (χ0) is 27.4. The zero-order valence-electron chi connectivity index (χ0n) is 21.6. The number of amides is 3. The van der Waals surface area contributed by atoms with E-state index in [1.807, 2.05) is 55.5 Å². The average molecular weight is 548 g/mol. The molecule has 1 spiro atoms. The number of ether oxygens (including phenoxy) is 1. The van der Waals surface area contributed by atoms with Crippen LogP contribution in [0.25, 0.3) is 0 Å². The van der Waals surface area contributed by atoms with E-state index in [1.54, 1.807) is 35.2 Å². The number of halogens is 1. The van der Waals surface area contributed by atoms with Crippen LogP contribution in [-0.2, 0) is 25.7 Å². The number of rotatable bonds is 5. The van der Waals surface area contributed by atoms with Crippen LogP contribution < -0.4 is 4.90 Å². The molecule has 1 N–H and O–H groups in total. The van der Waals surface area contributed by atoms with Gasteiger partial charge in [-0.3, -0.25) is 14.4 Å². The Balaban J connectivity index is 1.43. The van der Waals surface area contributed by atoms with E-state index in [-0.39, 0.29) is 37.4 Å². The second-order valence-electron chi connectivity index (χ2n) is 10.7. The van der Waals surface area contributed by atoms with Gasteiger partial charge < -0.3 is 24.5 Å². The summed E-state index contributed by atoms with van der Waals surface area (Å²) in [4.78, 5) is 47.3. The zero-order valence-corrected chi connectivity index (χ0v) is 22.3. The maximum absolute atomic E-state index is 14.3. The molecule has 2 fully saturated rings. The van der Waals surface area contributed by atoms with Crippen LogP contribution >= 0.6 is 11.6 Å². The summed E-state index contributed by atoms with van der Waals surface area (Å²) in [6.07, 6.45) is 7.37. The monoisotopic (exact) mass is 547 g/mol. The molecule has 5 atom stereocenters. The molecule has 0 aliphatic carbocycles. The van der Waals surface area contributed by atoms with Crippen molar-refractivity contribution in [2.75, 3.05) is 31.1 Å². The number of likely N-dealkylation sites (tertiary alicyclic amines) is 1. The Labute approximate surface area is 232 Å². The standard InChI is InChI=1S/C30H30ClN3O5/c1-29-13-7-15-32(19-20-9-3-2-4-10-20)26(36)23(29)24-27(37)34(17-18-35)25-28(38)33(16-8-14-30(24,25)39-29)22-12-6-5-11-21(22)31/h2-14,23-25,35H,15-19H2,1H3/t23-,24+,25?,29+,30+/m1/s1. The number of anilines is 1. The molecule has 0 saturated carbocycles. The Kier molecular flexibility index (Phi) is 6.37. The van der Waals surface area contributed by atoms with Gasteiger partial charge >= 0.3 is 0 Å². The van der Waals surface area contributed by atoms with Crippen molar-refractivity contribution < 1.29 is 24.2 Å². The number of carbonyl (C=O) groups excluding carboxylic acids is 3. The second kappa shape index (κ2) is 9.62. The van der Waals surface area contributed by atoms with E-state index in [4.69, 9.17) is 16.3 Å². The lowest BCUT2D eigenvalue weighted by molar-refractivity contribution is -0.149. The molecule has 8 nitrogen and oxygen atoms in total. The minimum absolute atomic E-state index is 0.0533. The third-order valence-electron chi connectivity index (χ3n) is 8.34. The van der Waals surface area contributed by atoms with Crippen molar-refractivity contribution >= 4 is 35.0 Å². The van der Waals surface area contributed by atoms with Crippen molar-refractivity contribution in [1.29, 1.82) is 0 Å². The SMILES string of the molecule is C[C@]12C=CCN(Cc3ccccc3)C(=O)[C@H]1[C@H]1C(=O)N(CCO)C3C(=O)N(c4ccccc4Cl)CC=C[C@@]31O2. The van der Waals surface area contributed by atoms with E-state index < -0.39 is 29.1 Å². The highest BCUT2D eigenvalue weighted by atomic mass is 35.5. The summed E-state index contributed by atoms with van der Waals surface area (Å²) in [5, 5.41) is 10.3. The van der Waals surface area contributed by atoms with Crippen molar-refractivity contribution in [2.45, 2.75) is 30.7 Å². The first-order valence-corrected chi connectivity index (χ1v) is 13.5. The summed E-state index contributed by atoms with van der Waals surface area (Å²) in [6, 6.07) is 15.7. The summed E-state index contributed by atoms with van der Waals surface area (Å²) < 4.78 is 6.78. The van der Waals surface area contributed by atoms with Crippen LogP contribution in [0.5, 0.6) is 0 Å². The van der Waals surface area contributed by atoms with Crippen molar-refractivity contribution in [2.24, 2.45) is 11.8 Å². The molecule has 2 aromatic rings. The highest BCUT2D eigenvalue weighted by Crippen LogP contribution is 2.57. The van der Waals surface area contributed by atoms with Gasteiger partial charge in [-0.05, 0) is 24.6 Å². The molecular formula is C30H30ClN3O5. The summed E-state index contributed by atoms with van der Waals surface area (Å²) in [7, 11) is 0. The summed E-state index contributed by atoms with van der Waals surface area (Å²) in [5.41, 5.74) is -0.978. The van der Waals surface area contributed by atoms with Crippen LogP contribution in [0, 0.1) is 11.8 Å². The Morgan fingerprint density at radius 3 is 2.38 bits per heavy atom. The van der Waals surface area contributed by atoms with Crippen molar-refractivity contribution in [1.82, 2.24) is 9.80 Å². The number of fused-ring (bicyclic) bond motifs is 2. The average Bonchev–Trinajstić information content (AvgIpc) is 3.18. The van der Waals surface area contributed by atoms with E-state index >= 15 is 0 Å². The van der Waals surface area contributed by atoms with Crippen LogP contribution in [-0.4, -0.2) is 76.1 Å². The number of aliphatic hydroxyl groups excluding tert-OH is 1. The molecule has 4 aliphatic heterocycles. The molecule has 0 bridgehead atoms. The fourth-order valence-corrected chi connectivity index (χ4v) is 6.99. The fraction of sp³-hybridized carbons (Fsp3) is 0.367. The molecule has 202 valence electrons. The van der Waals surface area contributed by atoms with Gasteiger partial charge in [-0.25, -0.2) is 0 Å². The molecule has 4 heterocycles. The normalized spacial score (nSPS) is 31.7. The molecule has 6 rings (SSSR count). The predicted molar refractivity (Wildman–Crippen MR) is 146 cm³/mol. The minimum atomic E-state index is -1.38. The van der Waals surface area contributed by atoms with Crippen LogP contribution in [0.1, 0.15) is 12.5 Å². The number of aliphatic hydroxyl groups is 1. The van der Waals surface area contributed by atoms with Crippen LogP contribution in [0.4, 0.5) is 5.69 Å². The van der Waals surface area contributed by atoms with E-state index in [9.17, 15) is 19.5 Å². The molecule has 1 unspecified atom stereocenters. The number of carbonyl (C=O) groups is 3. The lowest BCUT2D eigenvalue weighted by Crippen LogP contribution is -2.56. The van der Waals surface area contributed by atoms with Crippen molar-refractivity contribution in [3.63, 3.8) is 0 Å². The Morgan fingerprint density at radius 2 is 1.64 bits per heavy atom. The molecule has 9 heteroatoms. The number of para-hydroxylation sites is 1. The van der Waals surface area contributed by atoms with Gasteiger partial charge in [0, 0.05) is 26.2 Å². The van der Waals surface area contributed by atoms with Crippen LogP contribution in [0.15, 0.2) is 78.9 Å². The largest absolute Gasteiger partial charge is 0.395 e. The third kappa shape index (κ3) is 3.92. The summed E-state index contributed by atoms with van der Waals surface area (Å²) in [6.45, 7) is 2.44. The van der Waals surface area contributed by atoms with Gasteiger partial charge in [-0.2, -0.15) is 0 Å². The number of hydrogen-bond donors (Lipinski definition) is 1. The van der Waals surface area contributed by atoms with E-state index in [2.05, 4.69) is 0 Å². The minimum Gasteiger partial charge on any atom is -0.395 e. The number of hydrogen-bond acceptors (Lipinski definition) is 5. The first-order chi connectivity index (χ1) is 18.8. The smallest absolute Gasteiger partial charge is 0.253 e. The topological polar surface area (TPSA) is 90.4 Å². The molecule has 3 amide bonds. The van der Waals surface area contributed by atoms with Crippen molar-refractivity contribution in [3.05, 3.63) is 89.5 Å².